The van der Waals surface area contributed by atoms with E-state index in [-0.39, 0.29) is 17.7 Å². The lowest BCUT2D eigenvalue weighted by Gasteiger charge is -2.31. The number of ether oxygens (including phenoxy) is 1. The predicted molar refractivity (Wildman–Crippen MR) is 93.2 cm³/mol. The molecule has 1 fully saturated rings. The van der Waals surface area contributed by atoms with Gasteiger partial charge in [0.2, 0.25) is 5.91 Å². The average Bonchev–Trinajstić information content (AvgIpc) is 2.61. The Kier molecular flexibility index (Phi) is 6.61. The molecule has 0 unspecified atom stereocenters. The number of piperidine rings is 1. The molecule has 1 aliphatic heterocycles. The van der Waals surface area contributed by atoms with Gasteiger partial charge in [-0.2, -0.15) is 0 Å². The number of likely N-dealkylation sites (tertiary alicyclic amines) is 1. The van der Waals surface area contributed by atoms with Crippen molar-refractivity contribution in [3.63, 3.8) is 0 Å². The molecule has 1 saturated heterocycles. The molecule has 1 N–H and O–H groups in total. The number of methoxy groups -OCH3 is 1. The van der Waals surface area contributed by atoms with Gasteiger partial charge in [0.25, 0.3) is 5.91 Å². The van der Waals surface area contributed by atoms with Gasteiger partial charge in [0.1, 0.15) is 5.75 Å². The second kappa shape index (κ2) is 8.68. The summed E-state index contributed by atoms with van der Waals surface area (Å²) in [4.78, 5) is 28.6. The van der Waals surface area contributed by atoms with Gasteiger partial charge in [-0.1, -0.05) is 6.07 Å². The van der Waals surface area contributed by atoms with Crippen LogP contribution in [0.5, 0.6) is 5.75 Å². The zero-order valence-electron chi connectivity index (χ0n) is 14.7. The zero-order chi connectivity index (χ0) is 17.5. The summed E-state index contributed by atoms with van der Waals surface area (Å²) in [6.07, 6.45) is 1.42. The molecule has 0 bridgehead atoms. The minimum absolute atomic E-state index is 0.000339. The van der Waals surface area contributed by atoms with E-state index in [4.69, 9.17) is 4.74 Å². The third kappa shape index (κ3) is 4.96. The van der Waals surface area contributed by atoms with Crippen molar-refractivity contribution in [1.29, 1.82) is 0 Å². The van der Waals surface area contributed by atoms with Crippen LogP contribution >= 0.6 is 0 Å². The molecule has 6 heteroatoms. The fourth-order valence-electron chi connectivity index (χ4n) is 2.83. The van der Waals surface area contributed by atoms with E-state index in [1.54, 1.807) is 19.2 Å². The summed E-state index contributed by atoms with van der Waals surface area (Å²) in [6.45, 7) is 2.72. The van der Waals surface area contributed by atoms with Crippen LogP contribution in [-0.4, -0.2) is 69.0 Å². The quantitative estimate of drug-likeness (QED) is 0.850. The Balaban J connectivity index is 1.83. The Morgan fingerprint density at radius 1 is 1.29 bits per heavy atom. The third-order valence-electron chi connectivity index (χ3n) is 4.33. The first-order valence-electron chi connectivity index (χ1n) is 8.37. The molecule has 132 valence electrons. The zero-order valence-corrected chi connectivity index (χ0v) is 14.7. The number of carbonyl (C=O) groups excluding carboxylic acids is 2. The fraction of sp³-hybridized carbons (Fsp3) is 0.556. The first-order chi connectivity index (χ1) is 11.5. The highest BCUT2D eigenvalue weighted by molar-refractivity contribution is 5.94. The van der Waals surface area contributed by atoms with E-state index >= 15 is 0 Å². The van der Waals surface area contributed by atoms with Gasteiger partial charge < -0.3 is 19.9 Å². The molecule has 1 aromatic carbocycles. The molecule has 2 amide bonds. The molecular weight excluding hydrogens is 306 g/mol. The molecule has 1 heterocycles. The summed E-state index contributed by atoms with van der Waals surface area (Å²) in [6, 6.07) is 7.19. The van der Waals surface area contributed by atoms with E-state index in [2.05, 4.69) is 5.32 Å². The SMILES string of the molecule is COc1cccc(C(=O)N2CCC(C(=O)NCCN(C)C)CC2)c1. The number of carbonyl (C=O) groups is 2. The Morgan fingerprint density at radius 2 is 2.00 bits per heavy atom. The highest BCUT2D eigenvalue weighted by Crippen LogP contribution is 2.21. The topological polar surface area (TPSA) is 61.9 Å². The van der Waals surface area contributed by atoms with Gasteiger partial charge in [0.05, 0.1) is 7.11 Å². The van der Waals surface area contributed by atoms with Crippen LogP contribution in [0.25, 0.3) is 0 Å². The number of hydrogen-bond donors (Lipinski definition) is 1. The number of likely N-dealkylation sites (N-methyl/N-ethyl adjacent to an activating group) is 1. The minimum Gasteiger partial charge on any atom is -0.497 e. The molecule has 0 spiro atoms. The van der Waals surface area contributed by atoms with Crippen molar-refractivity contribution in [3.05, 3.63) is 29.8 Å². The number of nitrogens with zero attached hydrogens (tertiary/aromatic N) is 2. The van der Waals surface area contributed by atoms with E-state index in [1.165, 1.54) is 0 Å². The van der Waals surface area contributed by atoms with Crippen molar-refractivity contribution in [2.24, 2.45) is 5.92 Å². The van der Waals surface area contributed by atoms with Crippen molar-refractivity contribution in [1.82, 2.24) is 15.1 Å². The number of rotatable bonds is 6. The molecule has 0 radical (unpaired) electrons. The number of amides is 2. The maximum absolute atomic E-state index is 12.6. The number of benzene rings is 1. The largest absolute Gasteiger partial charge is 0.497 e. The molecule has 1 aromatic rings. The van der Waals surface area contributed by atoms with E-state index in [0.717, 1.165) is 6.54 Å². The van der Waals surface area contributed by atoms with Gasteiger partial charge in [0, 0.05) is 37.7 Å². The molecule has 0 aromatic heterocycles. The highest BCUT2D eigenvalue weighted by Gasteiger charge is 2.27. The minimum atomic E-state index is 0.000339. The maximum Gasteiger partial charge on any atom is 0.253 e. The molecule has 24 heavy (non-hydrogen) atoms. The predicted octanol–water partition coefficient (Wildman–Crippen LogP) is 1.23. The standard InChI is InChI=1S/C18H27N3O3/c1-20(2)12-9-19-17(22)14-7-10-21(11-8-14)18(23)15-5-4-6-16(13-15)24-3/h4-6,13-14H,7-12H2,1-3H3,(H,19,22). The van der Waals surface area contributed by atoms with Crippen LogP contribution in [0.4, 0.5) is 0 Å². The Bertz CT molecular complexity index is 566. The second-order valence-corrected chi connectivity index (χ2v) is 6.39. The summed E-state index contributed by atoms with van der Waals surface area (Å²) >= 11 is 0. The molecule has 0 atom stereocenters. The van der Waals surface area contributed by atoms with Crippen LogP contribution in [0.2, 0.25) is 0 Å². The maximum atomic E-state index is 12.6. The first-order valence-corrected chi connectivity index (χ1v) is 8.37. The van der Waals surface area contributed by atoms with Crippen molar-refractivity contribution in [2.75, 3.05) is 47.4 Å². The highest BCUT2D eigenvalue weighted by atomic mass is 16.5. The van der Waals surface area contributed by atoms with Crippen LogP contribution in [0, 0.1) is 5.92 Å². The summed E-state index contributed by atoms with van der Waals surface area (Å²) in [7, 11) is 5.55. The summed E-state index contributed by atoms with van der Waals surface area (Å²) in [5.41, 5.74) is 0.628. The van der Waals surface area contributed by atoms with Crippen molar-refractivity contribution >= 4 is 11.8 Å². The molecule has 1 aliphatic rings. The molecule has 6 nitrogen and oxygen atoms in total. The van der Waals surface area contributed by atoms with Gasteiger partial charge >= 0.3 is 0 Å². The van der Waals surface area contributed by atoms with Crippen LogP contribution in [0.15, 0.2) is 24.3 Å². The summed E-state index contributed by atoms with van der Waals surface area (Å²) in [5, 5.41) is 2.97. The number of nitrogens with one attached hydrogen (secondary N) is 1. The van der Waals surface area contributed by atoms with Crippen LogP contribution in [-0.2, 0) is 4.79 Å². The average molecular weight is 333 g/mol. The van der Waals surface area contributed by atoms with Crippen LogP contribution < -0.4 is 10.1 Å². The lowest BCUT2D eigenvalue weighted by Crippen LogP contribution is -2.44. The van der Waals surface area contributed by atoms with Gasteiger partial charge in [-0.05, 0) is 45.1 Å². The van der Waals surface area contributed by atoms with Crippen molar-refractivity contribution in [3.8, 4) is 5.75 Å². The van der Waals surface area contributed by atoms with Crippen LogP contribution in [0.3, 0.4) is 0 Å². The Morgan fingerprint density at radius 3 is 2.62 bits per heavy atom. The fourth-order valence-corrected chi connectivity index (χ4v) is 2.83. The molecule has 2 rings (SSSR count). The van der Waals surface area contributed by atoms with Crippen LogP contribution in [0.1, 0.15) is 23.2 Å². The van der Waals surface area contributed by atoms with E-state index in [9.17, 15) is 9.59 Å². The van der Waals surface area contributed by atoms with Gasteiger partial charge in [-0.3, -0.25) is 9.59 Å². The van der Waals surface area contributed by atoms with E-state index in [1.807, 2.05) is 36.0 Å². The van der Waals surface area contributed by atoms with Gasteiger partial charge in [0.15, 0.2) is 0 Å². The van der Waals surface area contributed by atoms with Crippen molar-refractivity contribution in [2.45, 2.75) is 12.8 Å². The summed E-state index contributed by atoms with van der Waals surface area (Å²) in [5.74, 6) is 0.781. The van der Waals surface area contributed by atoms with Gasteiger partial charge in [-0.25, -0.2) is 0 Å². The van der Waals surface area contributed by atoms with E-state index < -0.39 is 0 Å². The second-order valence-electron chi connectivity index (χ2n) is 6.39. The third-order valence-corrected chi connectivity index (χ3v) is 4.33. The Hall–Kier alpha value is -2.08. The molecule has 0 aliphatic carbocycles. The smallest absolute Gasteiger partial charge is 0.253 e. The Labute approximate surface area is 143 Å². The molecule has 0 saturated carbocycles. The van der Waals surface area contributed by atoms with E-state index in [0.29, 0.717) is 43.8 Å². The normalized spacial score (nSPS) is 15.4. The molecular formula is C18H27N3O3. The monoisotopic (exact) mass is 333 g/mol. The summed E-state index contributed by atoms with van der Waals surface area (Å²) < 4.78 is 5.17. The van der Waals surface area contributed by atoms with Gasteiger partial charge in [-0.15, -0.1) is 0 Å². The number of hydrogen-bond acceptors (Lipinski definition) is 4. The first kappa shape index (κ1) is 18.3. The lowest BCUT2D eigenvalue weighted by atomic mass is 9.95. The lowest BCUT2D eigenvalue weighted by molar-refractivity contribution is -0.126. The van der Waals surface area contributed by atoms with Crippen molar-refractivity contribution < 1.29 is 14.3 Å².